The first-order valence-electron chi connectivity index (χ1n) is 5.54. The molecule has 3 nitrogen and oxygen atoms in total. The minimum absolute atomic E-state index is 0.376. The number of thioether (sulfide) groups is 1. The number of fused-ring (bicyclic) bond motifs is 1. The summed E-state index contributed by atoms with van der Waals surface area (Å²) in [5.41, 5.74) is 6.76. The van der Waals surface area contributed by atoms with E-state index in [1.165, 1.54) is 11.8 Å². The third-order valence-electron chi connectivity index (χ3n) is 2.69. The molecule has 2 aromatic rings. The Morgan fingerprint density at radius 3 is 2.83 bits per heavy atom. The molecule has 0 heterocycles. The molecule has 0 saturated carbocycles. The molecule has 0 aliphatic heterocycles. The second-order valence-electron chi connectivity index (χ2n) is 3.76. The summed E-state index contributed by atoms with van der Waals surface area (Å²) in [6.07, 6.45) is 0.376. The van der Waals surface area contributed by atoms with Crippen LogP contribution in [-0.2, 0) is 6.42 Å². The van der Waals surface area contributed by atoms with Gasteiger partial charge in [0, 0.05) is 11.9 Å². The van der Waals surface area contributed by atoms with Gasteiger partial charge in [-0.2, -0.15) is 5.26 Å². The quantitative estimate of drug-likeness (QED) is 0.510. The molecule has 0 aliphatic carbocycles. The smallest absolute Gasteiger partial charge is 0.158 e. The SMILES string of the molecule is CN=C(N)Sc1ccc2ccccc2c1CC#N. The van der Waals surface area contributed by atoms with Crippen LogP contribution in [0.2, 0.25) is 0 Å². The molecule has 2 N–H and O–H groups in total. The van der Waals surface area contributed by atoms with Crippen LogP contribution < -0.4 is 5.73 Å². The number of aliphatic imine (C=N–C) groups is 1. The predicted molar refractivity (Wildman–Crippen MR) is 76.7 cm³/mol. The van der Waals surface area contributed by atoms with E-state index in [4.69, 9.17) is 11.0 Å². The molecule has 0 fully saturated rings. The van der Waals surface area contributed by atoms with E-state index in [9.17, 15) is 0 Å². The number of amidine groups is 1. The van der Waals surface area contributed by atoms with Gasteiger partial charge in [-0.05, 0) is 22.4 Å². The second kappa shape index (κ2) is 5.56. The Hall–Kier alpha value is -1.99. The van der Waals surface area contributed by atoms with E-state index in [1.807, 2.05) is 36.4 Å². The van der Waals surface area contributed by atoms with Crippen molar-refractivity contribution in [1.29, 1.82) is 5.26 Å². The molecule has 0 aliphatic rings. The number of nitrogens with zero attached hydrogens (tertiary/aromatic N) is 2. The number of hydrogen-bond donors (Lipinski definition) is 1. The maximum absolute atomic E-state index is 8.97. The maximum Gasteiger partial charge on any atom is 0.158 e. The minimum atomic E-state index is 0.376. The van der Waals surface area contributed by atoms with Crippen LogP contribution in [0.4, 0.5) is 0 Å². The molecule has 0 saturated heterocycles. The van der Waals surface area contributed by atoms with E-state index in [0.717, 1.165) is 21.2 Å². The molecule has 0 bridgehead atoms. The number of rotatable bonds is 2. The minimum Gasteiger partial charge on any atom is -0.378 e. The van der Waals surface area contributed by atoms with Crippen molar-refractivity contribution in [3.63, 3.8) is 0 Å². The number of nitriles is 1. The molecule has 18 heavy (non-hydrogen) atoms. The Balaban J connectivity index is 2.59. The van der Waals surface area contributed by atoms with Gasteiger partial charge in [0.25, 0.3) is 0 Å². The third kappa shape index (κ3) is 2.47. The van der Waals surface area contributed by atoms with Crippen LogP contribution in [0, 0.1) is 11.3 Å². The van der Waals surface area contributed by atoms with E-state index in [-0.39, 0.29) is 0 Å². The van der Waals surface area contributed by atoms with Crippen molar-refractivity contribution in [2.75, 3.05) is 7.05 Å². The molecule has 0 atom stereocenters. The van der Waals surface area contributed by atoms with E-state index >= 15 is 0 Å². The van der Waals surface area contributed by atoms with Gasteiger partial charge >= 0.3 is 0 Å². The fourth-order valence-corrected chi connectivity index (χ4v) is 2.59. The number of nitrogens with two attached hydrogens (primary N) is 1. The highest BCUT2D eigenvalue weighted by Crippen LogP contribution is 2.30. The molecule has 0 amide bonds. The summed E-state index contributed by atoms with van der Waals surface area (Å²) in [5.74, 6) is 0. The number of hydrogen-bond acceptors (Lipinski definition) is 3. The summed E-state index contributed by atoms with van der Waals surface area (Å²) in [4.78, 5) is 4.94. The Morgan fingerprint density at radius 1 is 1.33 bits per heavy atom. The van der Waals surface area contributed by atoms with Crippen molar-refractivity contribution in [2.45, 2.75) is 11.3 Å². The van der Waals surface area contributed by atoms with Gasteiger partial charge in [-0.25, -0.2) is 0 Å². The van der Waals surface area contributed by atoms with Crippen molar-refractivity contribution in [2.24, 2.45) is 10.7 Å². The lowest BCUT2D eigenvalue weighted by Crippen LogP contribution is -2.06. The molecule has 2 rings (SSSR count). The second-order valence-corrected chi connectivity index (χ2v) is 4.82. The van der Waals surface area contributed by atoms with Crippen molar-refractivity contribution in [3.8, 4) is 6.07 Å². The fraction of sp³-hybridized carbons (Fsp3) is 0.143. The first kappa shape index (κ1) is 12.5. The first-order chi connectivity index (χ1) is 8.76. The Kier molecular flexibility index (Phi) is 3.85. The highest BCUT2D eigenvalue weighted by atomic mass is 32.2. The third-order valence-corrected chi connectivity index (χ3v) is 3.68. The summed E-state index contributed by atoms with van der Waals surface area (Å²) in [6.45, 7) is 0. The lowest BCUT2D eigenvalue weighted by molar-refractivity contribution is 1.21. The first-order valence-corrected chi connectivity index (χ1v) is 6.35. The summed E-state index contributed by atoms with van der Waals surface area (Å²) >= 11 is 1.40. The average molecular weight is 255 g/mol. The Morgan fingerprint density at radius 2 is 2.11 bits per heavy atom. The van der Waals surface area contributed by atoms with Gasteiger partial charge < -0.3 is 5.73 Å². The van der Waals surface area contributed by atoms with Gasteiger partial charge in [-0.1, -0.05) is 42.1 Å². The Bertz CT molecular complexity index is 641. The van der Waals surface area contributed by atoms with E-state index in [2.05, 4.69) is 11.1 Å². The largest absolute Gasteiger partial charge is 0.378 e. The van der Waals surface area contributed by atoms with Crippen molar-refractivity contribution in [1.82, 2.24) is 0 Å². The van der Waals surface area contributed by atoms with Gasteiger partial charge in [-0.3, -0.25) is 4.99 Å². The van der Waals surface area contributed by atoms with Gasteiger partial charge in [0.15, 0.2) is 5.17 Å². The lowest BCUT2D eigenvalue weighted by Gasteiger charge is -2.09. The van der Waals surface area contributed by atoms with Crippen LogP contribution in [-0.4, -0.2) is 12.2 Å². The zero-order valence-corrected chi connectivity index (χ0v) is 10.9. The van der Waals surface area contributed by atoms with Gasteiger partial charge in [0.2, 0.25) is 0 Å². The predicted octanol–water partition coefficient (Wildman–Crippen LogP) is 2.94. The summed E-state index contributed by atoms with van der Waals surface area (Å²) < 4.78 is 0. The molecule has 2 aromatic carbocycles. The molecular formula is C14H13N3S. The maximum atomic E-state index is 8.97. The normalized spacial score (nSPS) is 11.4. The van der Waals surface area contributed by atoms with E-state index in [1.54, 1.807) is 7.05 Å². The molecule has 0 spiro atoms. The highest BCUT2D eigenvalue weighted by molar-refractivity contribution is 8.13. The molecule has 0 unspecified atom stereocenters. The van der Waals surface area contributed by atoms with Crippen LogP contribution in [0.1, 0.15) is 5.56 Å². The van der Waals surface area contributed by atoms with Crippen LogP contribution in [0.5, 0.6) is 0 Å². The monoisotopic (exact) mass is 255 g/mol. The zero-order valence-electron chi connectivity index (χ0n) is 10.1. The zero-order chi connectivity index (χ0) is 13.0. The fourth-order valence-electron chi connectivity index (χ4n) is 1.83. The van der Waals surface area contributed by atoms with Crippen molar-refractivity contribution >= 4 is 27.7 Å². The summed E-state index contributed by atoms with van der Waals surface area (Å²) in [6, 6.07) is 14.3. The average Bonchev–Trinajstić information content (AvgIpc) is 2.41. The van der Waals surface area contributed by atoms with E-state index in [0.29, 0.717) is 11.6 Å². The van der Waals surface area contributed by atoms with Crippen molar-refractivity contribution in [3.05, 3.63) is 42.0 Å². The molecule has 0 aromatic heterocycles. The number of benzene rings is 2. The highest BCUT2D eigenvalue weighted by Gasteiger charge is 2.09. The van der Waals surface area contributed by atoms with Crippen molar-refractivity contribution < 1.29 is 0 Å². The Labute approximate surface area is 110 Å². The summed E-state index contributed by atoms with van der Waals surface area (Å²) in [5, 5.41) is 11.7. The van der Waals surface area contributed by atoms with Crippen LogP contribution >= 0.6 is 11.8 Å². The van der Waals surface area contributed by atoms with Gasteiger partial charge in [0.1, 0.15) is 0 Å². The molecular weight excluding hydrogens is 242 g/mol. The van der Waals surface area contributed by atoms with Crippen LogP contribution in [0.25, 0.3) is 10.8 Å². The standard InChI is InChI=1S/C14H13N3S/c1-17-14(16)18-13-7-6-10-4-2-3-5-11(10)12(13)8-9-15/h2-7H,8H2,1H3,(H2,16,17). The van der Waals surface area contributed by atoms with E-state index < -0.39 is 0 Å². The molecule has 0 radical (unpaired) electrons. The van der Waals surface area contributed by atoms with Crippen LogP contribution in [0.3, 0.4) is 0 Å². The van der Waals surface area contributed by atoms with Gasteiger partial charge in [-0.15, -0.1) is 0 Å². The van der Waals surface area contributed by atoms with Crippen LogP contribution in [0.15, 0.2) is 46.3 Å². The summed E-state index contributed by atoms with van der Waals surface area (Å²) in [7, 11) is 1.66. The molecule has 90 valence electrons. The lowest BCUT2D eigenvalue weighted by atomic mass is 10.0. The topological polar surface area (TPSA) is 62.2 Å². The molecule has 4 heteroatoms. The van der Waals surface area contributed by atoms with Gasteiger partial charge in [0.05, 0.1) is 12.5 Å².